The van der Waals surface area contributed by atoms with Crippen LogP contribution in [0.25, 0.3) is 0 Å². The van der Waals surface area contributed by atoms with E-state index in [4.69, 9.17) is 9.84 Å². The van der Waals surface area contributed by atoms with E-state index in [-0.39, 0.29) is 16.9 Å². The summed E-state index contributed by atoms with van der Waals surface area (Å²) < 4.78 is 32.7. The van der Waals surface area contributed by atoms with Gasteiger partial charge in [-0.25, -0.2) is 13.1 Å². The molecule has 1 atom stereocenters. The number of aliphatic hydroxyl groups excluding tert-OH is 1. The molecule has 19 heavy (non-hydrogen) atoms. The van der Waals surface area contributed by atoms with Crippen LogP contribution in [0.2, 0.25) is 0 Å². The fourth-order valence-electron chi connectivity index (χ4n) is 2.20. The Bertz CT molecular complexity index is 506. The molecule has 1 aromatic heterocycles. The van der Waals surface area contributed by atoms with Crippen LogP contribution in [-0.4, -0.2) is 32.8 Å². The van der Waals surface area contributed by atoms with E-state index in [0.717, 1.165) is 24.2 Å². The highest BCUT2D eigenvalue weighted by Crippen LogP contribution is 2.24. The lowest BCUT2D eigenvalue weighted by Gasteiger charge is -2.27. The van der Waals surface area contributed by atoms with Crippen LogP contribution in [0.3, 0.4) is 0 Å². The van der Waals surface area contributed by atoms with Gasteiger partial charge >= 0.3 is 0 Å². The summed E-state index contributed by atoms with van der Waals surface area (Å²) in [6.07, 6.45) is 1.77. The Labute approximate surface area is 117 Å². The van der Waals surface area contributed by atoms with Gasteiger partial charge in [0.1, 0.15) is 4.21 Å². The molecule has 0 amide bonds. The highest BCUT2D eigenvalue weighted by atomic mass is 32.2. The molecule has 0 radical (unpaired) electrons. The summed E-state index contributed by atoms with van der Waals surface area (Å²) in [7, 11) is -3.48. The predicted octanol–water partition coefficient (Wildman–Crippen LogP) is 1.33. The van der Waals surface area contributed by atoms with Gasteiger partial charge in [0.15, 0.2) is 0 Å². The average Bonchev–Trinajstić information content (AvgIpc) is 2.89. The van der Waals surface area contributed by atoms with E-state index in [0.29, 0.717) is 24.0 Å². The molecule has 0 aromatic carbocycles. The summed E-state index contributed by atoms with van der Waals surface area (Å²) in [6, 6.07) is 3.07. The Morgan fingerprint density at radius 1 is 1.47 bits per heavy atom. The fraction of sp³-hybridized carbons (Fsp3) is 0.667. The van der Waals surface area contributed by atoms with Crippen molar-refractivity contribution < 1.29 is 18.3 Å². The van der Waals surface area contributed by atoms with Gasteiger partial charge in [0, 0.05) is 24.1 Å². The summed E-state index contributed by atoms with van der Waals surface area (Å²) in [4.78, 5) is 0.652. The summed E-state index contributed by atoms with van der Waals surface area (Å²) in [5.41, 5.74) is 0. The lowest BCUT2D eigenvalue weighted by Crippen LogP contribution is -2.39. The van der Waals surface area contributed by atoms with Crippen LogP contribution in [0.15, 0.2) is 16.3 Å². The predicted molar refractivity (Wildman–Crippen MR) is 73.6 cm³/mol. The van der Waals surface area contributed by atoms with Crippen LogP contribution >= 0.6 is 11.3 Å². The summed E-state index contributed by atoms with van der Waals surface area (Å²) in [5.74, 6) is 0.320. The van der Waals surface area contributed by atoms with Crippen molar-refractivity contribution in [1.29, 1.82) is 0 Å². The second-order valence-corrected chi connectivity index (χ2v) is 7.85. The monoisotopic (exact) mass is 305 g/mol. The summed E-state index contributed by atoms with van der Waals surface area (Å²) in [6.45, 7) is 3.17. The van der Waals surface area contributed by atoms with E-state index in [9.17, 15) is 8.42 Å². The van der Waals surface area contributed by atoms with Crippen molar-refractivity contribution in [2.75, 3.05) is 13.2 Å². The first-order chi connectivity index (χ1) is 9.03. The zero-order chi connectivity index (χ0) is 13.9. The number of rotatable bonds is 5. The van der Waals surface area contributed by atoms with E-state index in [2.05, 4.69) is 4.72 Å². The SMILES string of the molecule is CC(NS(=O)(=O)c1ccc(CO)s1)C1CCOCC1. The molecule has 0 spiro atoms. The molecule has 1 aliphatic heterocycles. The first-order valence-electron chi connectivity index (χ1n) is 6.32. The van der Waals surface area contributed by atoms with Gasteiger partial charge in [0.2, 0.25) is 10.0 Å². The molecular weight excluding hydrogens is 286 g/mol. The van der Waals surface area contributed by atoms with E-state index in [1.807, 2.05) is 6.92 Å². The molecule has 0 aliphatic carbocycles. The van der Waals surface area contributed by atoms with Crippen molar-refractivity contribution in [3.63, 3.8) is 0 Å². The Morgan fingerprint density at radius 2 is 2.16 bits per heavy atom. The van der Waals surface area contributed by atoms with Crippen molar-refractivity contribution in [2.24, 2.45) is 5.92 Å². The van der Waals surface area contributed by atoms with Crippen LogP contribution < -0.4 is 4.72 Å². The molecule has 5 nitrogen and oxygen atoms in total. The minimum atomic E-state index is -3.48. The normalized spacial score (nSPS) is 19.5. The molecule has 0 saturated carbocycles. The van der Waals surface area contributed by atoms with Crippen LogP contribution in [-0.2, 0) is 21.4 Å². The van der Waals surface area contributed by atoms with Crippen molar-refractivity contribution in [3.05, 3.63) is 17.0 Å². The number of sulfonamides is 1. The minimum absolute atomic E-state index is 0.103. The number of aliphatic hydroxyl groups is 1. The highest BCUT2D eigenvalue weighted by molar-refractivity contribution is 7.91. The number of thiophene rings is 1. The molecule has 0 bridgehead atoms. The molecule has 108 valence electrons. The van der Waals surface area contributed by atoms with Crippen LogP contribution in [0.4, 0.5) is 0 Å². The zero-order valence-corrected chi connectivity index (χ0v) is 12.5. The molecule has 7 heteroatoms. The van der Waals surface area contributed by atoms with E-state index < -0.39 is 10.0 Å². The van der Waals surface area contributed by atoms with Gasteiger partial charge in [-0.1, -0.05) is 0 Å². The molecular formula is C12H19NO4S2. The van der Waals surface area contributed by atoms with Gasteiger partial charge in [0.25, 0.3) is 0 Å². The average molecular weight is 305 g/mol. The molecule has 2 rings (SSSR count). The minimum Gasteiger partial charge on any atom is -0.391 e. The third-order valence-electron chi connectivity index (χ3n) is 3.37. The maximum Gasteiger partial charge on any atom is 0.250 e. The quantitative estimate of drug-likeness (QED) is 0.860. The smallest absolute Gasteiger partial charge is 0.250 e. The Balaban J connectivity index is 2.03. The molecule has 1 aromatic rings. The molecule has 1 saturated heterocycles. The van der Waals surface area contributed by atoms with Gasteiger partial charge in [-0.05, 0) is 37.8 Å². The van der Waals surface area contributed by atoms with Crippen molar-refractivity contribution in [3.8, 4) is 0 Å². The largest absolute Gasteiger partial charge is 0.391 e. The lowest BCUT2D eigenvalue weighted by atomic mass is 9.94. The maximum absolute atomic E-state index is 12.2. The van der Waals surface area contributed by atoms with Gasteiger partial charge < -0.3 is 9.84 Å². The Hall–Kier alpha value is -0.470. The van der Waals surface area contributed by atoms with E-state index in [1.54, 1.807) is 6.07 Å². The highest BCUT2D eigenvalue weighted by Gasteiger charge is 2.26. The summed E-state index contributed by atoms with van der Waals surface area (Å²) >= 11 is 1.10. The second kappa shape index (κ2) is 6.32. The third-order valence-corrected chi connectivity index (χ3v) is 6.49. The Kier molecular flexibility index (Phi) is 4.97. The number of ether oxygens (including phenoxy) is 1. The van der Waals surface area contributed by atoms with Crippen molar-refractivity contribution >= 4 is 21.4 Å². The third kappa shape index (κ3) is 3.76. The Morgan fingerprint density at radius 3 is 2.74 bits per heavy atom. The molecule has 1 aliphatic rings. The van der Waals surface area contributed by atoms with Gasteiger partial charge in [0.05, 0.1) is 6.61 Å². The topological polar surface area (TPSA) is 75.6 Å². The first-order valence-corrected chi connectivity index (χ1v) is 8.62. The first kappa shape index (κ1) is 14.9. The van der Waals surface area contributed by atoms with E-state index in [1.165, 1.54) is 6.07 Å². The van der Waals surface area contributed by atoms with Crippen LogP contribution in [0, 0.1) is 5.92 Å². The number of nitrogens with one attached hydrogen (secondary N) is 1. The standard InChI is InChI=1S/C12H19NO4S2/c1-9(10-4-6-17-7-5-10)13-19(15,16)12-3-2-11(8-14)18-12/h2-3,9-10,13-14H,4-8H2,1H3. The summed E-state index contributed by atoms with van der Waals surface area (Å²) in [5, 5.41) is 8.98. The van der Waals surface area contributed by atoms with Crippen molar-refractivity contribution in [1.82, 2.24) is 4.72 Å². The van der Waals surface area contributed by atoms with Crippen LogP contribution in [0.1, 0.15) is 24.6 Å². The molecule has 1 unspecified atom stereocenters. The zero-order valence-electron chi connectivity index (χ0n) is 10.8. The van der Waals surface area contributed by atoms with Gasteiger partial charge in [-0.2, -0.15) is 0 Å². The molecule has 2 N–H and O–H groups in total. The van der Waals surface area contributed by atoms with Gasteiger partial charge in [-0.15, -0.1) is 11.3 Å². The molecule has 2 heterocycles. The van der Waals surface area contributed by atoms with Crippen LogP contribution in [0.5, 0.6) is 0 Å². The molecule has 1 fully saturated rings. The van der Waals surface area contributed by atoms with E-state index >= 15 is 0 Å². The number of hydrogen-bond acceptors (Lipinski definition) is 5. The van der Waals surface area contributed by atoms with Gasteiger partial charge in [-0.3, -0.25) is 0 Å². The lowest BCUT2D eigenvalue weighted by molar-refractivity contribution is 0.0586. The maximum atomic E-state index is 12.2. The van der Waals surface area contributed by atoms with Crippen molar-refractivity contribution in [2.45, 2.75) is 36.6 Å². The number of hydrogen-bond donors (Lipinski definition) is 2. The fourth-order valence-corrected chi connectivity index (χ4v) is 4.75. The second-order valence-electron chi connectivity index (χ2n) is 4.74.